The Morgan fingerprint density at radius 3 is 2.28 bits per heavy atom. The molecule has 1 saturated heterocycles. The van der Waals surface area contributed by atoms with E-state index in [1.807, 2.05) is 13.8 Å². The number of carbonyl (C=O) groups excluding carboxylic acids is 3. The molecule has 4 atom stereocenters. The number of ketones is 1. The van der Waals surface area contributed by atoms with E-state index in [4.69, 9.17) is 9.47 Å². The number of hydrogen-bond acceptors (Lipinski definition) is 7. The van der Waals surface area contributed by atoms with Crippen LogP contribution >= 0.6 is 11.3 Å². The summed E-state index contributed by atoms with van der Waals surface area (Å²) in [6.45, 7) is 6.51. The van der Waals surface area contributed by atoms with Crippen LogP contribution in [0, 0.1) is 25.6 Å². The highest BCUT2D eigenvalue weighted by molar-refractivity contribution is 7.12. The summed E-state index contributed by atoms with van der Waals surface area (Å²) in [5.74, 6) is -4.67. The predicted octanol–water partition coefficient (Wildman–Crippen LogP) is 6.51. The van der Waals surface area contributed by atoms with Crippen LogP contribution in [0.4, 0.5) is 10.1 Å². The minimum atomic E-state index is -2.00. The number of likely N-dealkylation sites (tertiary alicyclic amines) is 1. The molecular weight excluding hydrogens is 611 g/mol. The number of thiophene rings is 1. The molecule has 2 aliphatic heterocycles. The Kier molecular flexibility index (Phi) is 7.89. The Bertz CT molecular complexity index is 1890. The fourth-order valence-electron chi connectivity index (χ4n) is 6.78. The number of aryl methyl sites for hydroxylation is 2. The number of anilines is 1. The lowest BCUT2D eigenvalue weighted by atomic mass is 9.71. The standard InChI is InChI=1S/C35H31FN2O7S/c1-18-14-26(19(2)46-18)32(40)29-30(21-8-11-25(12-9-21)37-20(3)39)35(4,34(42)43)38(33(41)23-6-5-7-24(36)15-23)31(29)22-10-13-27-28(16-22)45-17-44-27/h5-16,29-31H,17H2,1-4H3,(H,37,39)(H,42,43). The van der Waals surface area contributed by atoms with Gasteiger partial charge in [0, 0.05) is 39.4 Å². The van der Waals surface area contributed by atoms with Crippen molar-refractivity contribution in [2.45, 2.75) is 45.2 Å². The summed E-state index contributed by atoms with van der Waals surface area (Å²) < 4.78 is 25.6. The van der Waals surface area contributed by atoms with Gasteiger partial charge in [-0.15, -0.1) is 11.3 Å². The molecule has 3 heterocycles. The molecule has 0 saturated carbocycles. The van der Waals surface area contributed by atoms with Gasteiger partial charge in [0.2, 0.25) is 12.7 Å². The second kappa shape index (κ2) is 11.7. The van der Waals surface area contributed by atoms with E-state index in [0.29, 0.717) is 33.9 Å². The Labute approximate surface area is 268 Å². The summed E-state index contributed by atoms with van der Waals surface area (Å²) in [4.78, 5) is 57.6. The number of carboxylic acids is 1. The van der Waals surface area contributed by atoms with Gasteiger partial charge < -0.3 is 24.8 Å². The minimum absolute atomic E-state index is 0.0127. The molecule has 4 unspecified atom stereocenters. The molecule has 236 valence electrons. The smallest absolute Gasteiger partial charge is 0.330 e. The zero-order valence-electron chi connectivity index (χ0n) is 25.5. The van der Waals surface area contributed by atoms with Gasteiger partial charge in [0.25, 0.3) is 5.91 Å². The Morgan fingerprint density at radius 2 is 1.65 bits per heavy atom. The van der Waals surface area contributed by atoms with Crippen molar-refractivity contribution in [3.63, 3.8) is 0 Å². The summed E-state index contributed by atoms with van der Waals surface area (Å²) in [6.07, 6.45) is 0. The highest BCUT2D eigenvalue weighted by atomic mass is 32.1. The number of benzene rings is 3. The lowest BCUT2D eigenvalue weighted by Crippen LogP contribution is -2.54. The lowest BCUT2D eigenvalue weighted by Gasteiger charge is -2.38. The summed E-state index contributed by atoms with van der Waals surface area (Å²) in [5.41, 5.74) is -0.207. The van der Waals surface area contributed by atoms with E-state index >= 15 is 0 Å². The third-order valence-corrected chi connectivity index (χ3v) is 9.71. The van der Waals surface area contributed by atoms with Crippen LogP contribution in [0.2, 0.25) is 0 Å². The number of halogens is 1. The third kappa shape index (κ3) is 5.20. The molecule has 0 aliphatic carbocycles. The quantitative estimate of drug-likeness (QED) is 0.220. The first-order valence-electron chi connectivity index (χ1n) is 14.6. The average molecular weight is 643 g/mol. The summed E-state index contributed by atoms with van der Waals surface area (Å²) >= 11 is 1.45. The number of aliphatic carboxylic acids is 1. The number of hydrogen-bond donors (Lipinski definition) is 2. The lowest BCUT2D eigenvalue weighted by molar-refractivity contribution is -0.148. The number of carboxylic acid groups (broad SMARTS) is 1. The van der Waals surface area contributed by atoms with Crippen LogP contribution in [0.25, 0.3) is 0 Å². The highest BCUT2D eigenvalue weighted by Crippen LogP contribution is 2.58. The van der Waals surface area contributed by atoms with Crippen molar-refractivity contribution in [1.29, 1.82) is 0 Å². The summed E-state index contributed by atoms with van der Waals surface area (Å²) in [7, 11) is 0. The monoisotopic (exact) mass is 642 g/mol. The topological polar surface area (TPSA) is 122 Å². The molecule has 0 radical (unpaired) electrons. The van der Waals surface area contributed by atoms with E-state index in [2.05, 4.69) is 5.32 Å². The largest absolute Gasteiger partial charge is 0.479 e. The Hall–Kier alpha value is -5.03. The predicted molar refractivity (Wildman–Crippen MR) is 169 cm³/mol. The van der Waals surface area contributed by atoms with Gasteiger partial charge in [-0.2, -0.15) is 0 Å². The van der Waals surface area contributed by atoms with Crippen LogP contribution in [0.1, 0.15) is 67.4 Å². The van der Waals surface area contributed by atoms with Crippen LogP contribution < -0.4 is 14.8 Å². The molecule has 6 rings (SSSR count). The van der Waals surface area contributed by atoms with Crippen LogP contribution in [-0.4, -0.2) is 45.9 Å². The van der Waals surface area contributed by atoms with Gasteiger partial charge in [-0.25, -0.2) is 9.18 Å². The molecule has 46 heavy (non-hydrogen) atoms. The second-order valence-corrected chi connectivity index (χ2v) is 13.2. The summed E-state index contributed by atoms with van der Waals surface area (Å²) in [6, 6.07) is 17.3. The van der Waals surface area contributed by atoms with Gasteiger partial charge in [0.05, 0.1) is 12.0 Å². The zero-order valence-corrected chi connectivity index (χ0v) is 26.3. The first-order valence-corrected chi connectivity index (χ1v) is 15.4. The van der Waals surface area contributed by atoms with Gasteiger partial charge >= 0.3 is 5.97 Å². The van der Waals surface area contributed by atoms with Crippen molar-refractivity contribution in [2.24, 2.45) is 5.92 Å². The van der Waals surface area contributed by atoms with E-state index in [-0.39, 0.29) is 24.0 Å². The number of amides is 2. The van der Waals surface area contributed by atoms with Crippen molar-refractivity contribution in [3.8, 4) is 11.5 Å². The van der Waals surface area contributed by atoms with Gasteiger partial charge in [0.15, 0.2) is 17.3 Å². The van der Waals surface area contributed by atoms with Gasteiger partial charge in [-0.1, -0.05) is 24.3 Å². The van der Waals surface area contributed by atoms with Gasteiger partial charge in [-0.3, -0.25) is 14.4 Å². The molecule has 3 aromatic carbocycles. The molecule has 11 heteroatoms. The van der Waals surface area contributed by atoms with E-state index in [0.717, 1.165) is 15.8 Å². The van der Waals surface area contributed by atoms with Crippen molar-refractivity contribution in [2.75, 3.05) is 12.1 Å². The molecule has 1 fully saturated rings. The van der Waals surface area contributed by atoms with Crippen molar-refractivity contribution in [3.05, 3.63) is 111 Å². The van der Waals surface area contributed by atoms with Crippen molar-refractivity contribution in [1.82, 2.24) is 4.90 Å². The minimum Gasteiger partial charge on any atom is -0.479 e. The van der Waals surface area contributed by atoms with Crippen molar-refractivity contribution >= 4 is 40.6 Å². The molecule has 2 amide bonds. The van der Waals surface area contributed by atoms with E-state index in [9.17, 15) is 28.7 Å². The number of rotatable bonds is 7. The van der Waals surface area contributed by atoms with Crippen LogP contribution in [0.15, 0.2) is 72.8 Å². The number of carbonyl (C=O) groups is 4. The molecule has 2 aliphatic rings. The second-order valence-electron chi connectivity index (χ2n) is 11.7. The van der Waals surface area contributed by atoms with Crippen molar-refractivity contribution < 1.29 is 38.1 Å². The SMILES string of the molecule is CC(=O)Nc1ccc(C2C(C(=O)c3cc(C)sc3C)C(c3ccc4c(c3)OCO4)N(C(=O)c3cccc(F)c3)C2(C)C(=O)O)cc1. The first kappa shape index (κ1) is 31.0. The molecule has 0 bridgehead atoms. The molecule has 9 nitrogen and oxygen atoms in total. The molecule has 2 N–H and O–H groups in total. The number of nitrogens with one attached hydrogen (secondary N) is 1. The fraction of sp³-hybridized carbons (Fsp3) is 0.257. The number of fused-ring (bicyclic) bond motifs is 1. The zero-order chi connectivity index (χ0) is 32.9. The van der Waals surface area contributed by atoms with E-state index in [1.165, 1.54) is 48.3 Å². The maximum atomic E-state index is 14.9. The van der Waals surface area contributed by atoms with Gasteiger partial charge in [-0.05, 0) is 80.4 Å². The van der Waals surface area contributed by atoms with Gasteiger partial charge in [0.1, 0.15) is 11.4 Å². The van der Waals surface area contributed by atoms with E-state index < -0.39 is 41.1 Å². The fourth-order valence-corrected chi connectivity index (χ4v) is 7.71. The normalized spacial score (nSPS) is 21.7. The Morgan fingerprint density at radius 1 is 0.957 bits per heavy atom. The van der Waals surface area contributed by atoms with E-state index in [1.54, 1.807) is 48.5 Å². The maximum absolute atomic E-state index is 14.9. The molecule has 1 aromatic heterocycles. The van der Waals surface area contributed by atoms with Crippen LogP contribution in [-0.2, 0) is 9.59 Å². The third-order valence-electron chi connectivity index (χ3n) is 8.74. The number of Topliss-reactive ketones (excluding diaryl/α,β-unsaturated/α-hetero) is 1. The average Bonchev–Trinajstić information content (AvgIpc) is 3.70. The number of ether oxygens (including phenoxy) is 2. The van der Waals surface area contributed by atoms with Crippen LogP contribution in [0.3, 0.4) is 0 Å². The maximum Gasteiger partial charge on any atom is 0.330 e. The summed E-state index contributed by atoms with van der Waals surface area (Å²) in [5, 5.41) is 13.8. The first-order chi connectivity index (χ1) is 21.9. The Balaban J connectivity index is 1.64. The molecular formula is C35H31FN2O7S. The molecule has 4 aromatic rings. The van der Waals surface area contributed by atoms with Crippen LogP contribution in [0.5, 0.6) is 11.5 Å². The number of nitrogens with zero attached hydrogens (tertiary/aromatic N) is 1. The molecule has 0 spiro atoms. The highest BCUT2D eigenvalue weighted by Gasteiger charge is 2.65.